The number of rotatable bonds is 4. The lowest BCUT2D eigenvalue weighted by atomic mass is 10.3. The zero-order valence-electron chi connectivity index (χ0n) is 9.85. The molecule has 0 radical (unpaired) electrons. The molecule has 4 nitrogen and oxygen atoms in total. The molecule has 0 unspecified atom stereocenters. The fraction of sp³-hybridized carbons (Fsp3) is 0.500. The summed E-state index contributed by atoms with van der Waals surface area (Å²) in [4.78, 5) is 0.976. The van der Waals surface area contributed by atoms with Crippen LogP contribution < -0.4 is 15.8 Å². The first-order valence-electron chi connectivity index (χ1n) is 5.78. The number of β-amino-alcohol motifs (C(OH)–C–C–N with tert-alkyl or cyclic N) is 1. The number of hydrogen-bond acceptors (Lipinski definition) is 5. The Bertz CT molecular complexity index is 387. The quantitative estimate of drug-likeness (QED) is 0.702. The third kappa shape index (κ3) is 3.06. The number of nitrogen functional groups attached to an aromatic ring is 1. The highest BCUT2D eigenvalue weighted by Crippen LogP contribution is 2.34. The number of benzene rings is 1. The number of aliphatic hydroxyl groups excluding tert-OH is 1. The van der Waals surface area contributed by atoms with Crippen LogP contribution in [0.3, 0.4) is 0 Å². The van der Waals surface area contributed by atoms with Gasteiger partial charge in [-0.25, -0.2) is 0 Å². The van der Waals surface area contributed by atoms with E-state index < -0.39 is 0 Å². The normalized spacial score (nSPS) is 23.9. The van der Waals surface area contributed by atoms with E-state index in [-0.39, 0.29) is 11.4 Å². The molecule has 0 saturated carbocycles. The van der Waals surface area contributed by atoms with Gasteiger partial charge in [-0.2, -0.15) is 0 Å². The van der Waals surface area contributed by atoms with Crippen molar-refractivity contribution in [3.8, 4) is 5.75 Å². The molecule has 0 amide bonds. The monoisotopic (exact) mass is 254 g/mol. The standard InChI is InChI=1S/C12H18N2O2S/c1-2-16-8-3-4-9(13)11(5-8)17-12-7-14-6-10(12)15/h3-5,10,12,14-15H,2,6-7,13H2,1H3/t10-,12-/m0/s1. The van der Waals surface area contributed by atoms with Crippen LogP contribution in [0.1, 0.15) is 6.92 Å². The second-order valence-corrected chi connectivity index (χ2v) is 5.30. The summed E-state index contributed by atoms with van der Waals surface area (Å²) in [6.45, 7) is 4.06. The van der Waals surface area contributed by atoms with Gasteiger partial charge in [-0.15, -0.1) is 11.8 Å². The Morgan fingerprint density at radius 3 is 3.00 bits per heavy atom. The number of anilines is 1. The van der Waals surface area contributed by atoms with Crippen molar-refractivity contribution in [3.05, 3.63) is 18.2 Å². The van der Waals surface area contributed by atoms with Crippen LogP contribution in [0.15, 0.2) is 23.1 Å². The van der Waals surface area contributed by atoms with E-state index in [1.54, 1.807) is 11.8 Å². The molecular formula is C12H18N2O2S. The molecule has 0 spiro atoms. The van der Waals surface area contributed by atoms with Gasteiger partial charge in [-0.3, -0.25) is 0 Å². The summed E-state index contributed by atoms with van der Waals surface area (Å²) in [5.74, 6) is 0.824. The Morgan fingerprint density at radius 1 is 1.53 bits per heavy atom. The molecule has 0 aromatic heterocycles. The number of nitrogens with one attached hydrogen (secondary N) is 1. The van der Waals surface area contributed by atoms with Crippen LogP contribution in [0.5, 0.6) is 5.75 Å². The third-order valence-corrected chi connectivity index (χ3v) is 4.09. The first kappa shape index (κ1) is 12.5. The maximum absolute atomic E-state index is 9.76. The predicted molar refractivity (Wildman–Crippen MR) is 70.5 cm³/mol. The van der Waals surface area contributed by atoms with Crippen molar-refractivity contribution in [2.24, 2.45) is 0 Å². The average molecular weight is 254 g/mol. The number of ether oxygens (including phenoxy) is 1. The molecule has 1 saturated heterocycles. The summed E-state index contributed by atoms with van der Waals surface area (Å²) >= 11 is 1.61. The lowest BCUT2D eigenvalue weighted by Crippen LogP contribution is -2.20. The minimum Gasteiger partial charge on any atom is -0.494 e. The van der Waals surface area contributed by atoms with Crippen molar-refractivity contribution in [1.82, 2.24) is 5.32 Å². The Labute approximate surface area is 106 Å². The molecule has 1 fully saturated rings. The van der Waals surface area contributed by atoms with E-state index in [1.165, 1.54) is 0 Å². The van der Waals surface area contributed by atoms with Gasteiger partial charge in [-0.1, -0.05) is 0 Å². The maximum Gasteiger partial charge on any atom is 0.120 e. The molecule has 2 rings (SSSR count). The van der Waals surface area contributed by atoms with Crippen LogP contribution >= 0.6 is 11.8 Å². The van der Waals surface area contributed by atoms with Gasteiger partial charge in [-0.05, 0) is 25.1 Å². The molecule has 1 heterocycles. The van der Waals surface area contributed by atoms with Gasteiger partial charge in [0.1, 0.15) is 5.75 Å². The maximum atomic E-state index is 9.76. The van der Waals surface area contributed by atoms with E-state index in [1.807, 2.05) is 25.1 Å². The smallest absolute Gasteiger partial charge is 0.120 e. The highest BCUT2D eigenvalue weighted by atomic mass is 32.2. The molecule has 1 aliphatic rings. The molecule has 0 bridgehead atoms. The van der Waals surface area contributed by atoms with Crippen LogP contribution in [0, 0.1) is 0 Å². The summed E-state index contributed by atoms with van der Waals surface area (Å²) in [6.07, 6.45) is -0.310. The molecule has 1 aromatic rings. The first-order valence-corrected chi connectivity index (χ1v) is 6.66. The minimum absolute atomic E-state index is 0.161. The molecule has 1 aliphatic heterocycles. The highest BCUT2D eigenvalue weighted by molar-refractivity contribution is 8.00. The van der Waals surface area contributed by atoms with E-state index in [0.29, 0.717) is 13.2 Å². The SMILES string of the molecule is CCOc1ccc(N)c(S[C@H]2CNC[C@@H]2O)c1. The van der Waals surface area contributed by atoms with Crippen molar-refractivity contribution >= 4 is 17.4 Å². The number of thioether (sulfide) groups is 1. The Hall–Kier alpha value is -0.910. The molecule has 4 N–H and O–H groups in total. The lowest BCUT2D eigenvalue weighted by Gasteiger charge is -2.15. The first-order chi connectivity index (χ1) is 8.20. The fourth-order valence-corrected chi connectivity index (χ4v) is 2.97. The van der Waals surface area contributed by atoms with Crippen molar-refractivity contribution < 1.29 is 9.84 Å². The molecule has 2 atom stereocenters. The molecule has 1 aromatic carbocycles. The predicted octanol–water partition coefficient (Wildman–Crippen LogP) is 1.09. The van der Waals surface area contributed by atoms with Crippen LogP contribution in [-0.4, -0.2) is 36.2 Å². The summed E-state index contributed by atoms with van der Waals surface area (Å²) < 4.78 is 5.45. The van der Waals surface area contributed by atoms with Crippen LogP contribution in [0.25, 0.3) is 0 Å². The topological polar surface area (TPSA) is 67.5 Å². The fourth-order valence-electron chi connectivity index (χ4n) is 1.80. The zero-order valence-corrected chi connectivity index (χ0v) is 10.7. The molecule has 0 aliphatic carbocycles. The van der Waals surface area contributed by atoms with Gasteiger partial charge in [0.2, 0.25) is 0 Å². The molecular weight excluding hydrogens is 236 g/mol. The summed E-state index contributed by atoms with van der Waals surface area (Å²) in [7, 11) is 0. The largest absolute Gasteiger partial charge is 0.494 e. The van der Waals surface area contributed by atoms with Gasteiger partial charge in [0.25, 0.3) is 0 Å². The summed E-state index contributed by atoms with van der Waals surface area (Å²) in [6, 6.07) is 5.66. The summed E-state index contributed by atoms with van der Waals surface area (Å²) in [5, 5.41) is 13.1. The molecule has 94 valence electrons. The van der Waals surface area contributed by atoms with E-state index in [4.69, 9.17) is 10.5 Å². The van der Waals surface area contributed by atoms with Crippen LogP contribution in [-0.2, 0) is 0 Å². The number of hydrogen-bond donors (Lipinski definition) is 3. The number of aliphatic hydroxyl groups is 1. The number of nitrogens with two attached hydrogens (primary N) is 1. The van der Waals surface area contributed by atoms with E-state index in [0.717, 1.165) is 22.9 Å². The van der Waals surface area contributed by atoms with Gasteiger partial charge < -0.3 is 20.9 Å². The lowest BCUT2D eigenvalue weighted by molar-refractivity contribution is 0.201. The van der Waals surface area contributed by atoms with E-state index in [9.17, 15) is 5.11 Å². The van der Waals surface area contributed by atoms with Crippen molar-refractivity contribution in [2.75, 3.05) is 25.4 Å². The minimum atomic E-state index is -0.310. The van der Waals surface area contributed by atoms with Crippen molar-refractivity contribution in [1.29, 1.82) is 0 Å². The van der Waals surface area contributed by atoms with Gasteiger partial charge in [0.15, 0.2) is 0 Å². The van der Waals surface area contributed by atoms with E-state index in [2.05, 4.69) is 5.32 Å². The zero-order chi connectivity index (χ0) is 12.3. The molecule has 17 heavy (non-hydrogen) atoms. The van der Waals surface area contributed by atoms with Crippen LogP contribution in [0.4, 0.5) is 5.69 Å². The second kappa shape index (κ2) is 5.62. The van der Waals surface area contributed by atoms with Crippen LogP contribution in [0.2, 0.25) is 0 Å². The Kier molecular flexibility index (Phi) is 4.15. The van der Waals surface area contributed by atoms with Gasteiger partial charge in [0.05, 0.1) is 12.7 Å². The summed E-state index contributed by atoms with van der Waals surface area (Å²) in [5.41, 5.74) is 6.66. The van der Waals surface area contributed by atoms with Crippen molar-refractivity contribution in [3.63, 3.8) is 0 Å². The Balaban J connectivity index is 2.10. The molecule has 5 heteroatoms. The van der Waals surface area contributed by atoms with Crippen molar-refractivity contribution in [2.45, 2.75) is 23.2 Å². The highest BCUT2D eigenvalue weighted by Gasteiger charge is 2.26. The second-order valence-electron chi connectivity index (χ2n) is 4.01. The van der Waals surface area contributed by atoms with Gasteiger partial charge >= 0.3 is 0 Å². The third-order valence-electron chi connectivity index (χ3n) is 2.70. The average Bonchev–Trinajstić information content (AvgIpc) is 2.70. The van der Waals surface area contributed by atoms with Gasteiger partial charge in [0, 0.05) is 28.9 Å². The van der Waals surface area contributed by atoms with E-state index >= 15 is 0 Å². The Morgan fingerprint density at radius 2 is 2.35 bits per heavy atom.